The highest BCUT2D eigenvalue weighted by atomic mass is 16.1. The van der Waals surface area contributed by atoms with Crippen LogP contribution in [0.3, 0.4) is 0 Å². The van der Waals surface area contributed by atoms with Crippen molar-refractivity contribution in [2.24, 2.45) is 7.05 Å². The molecule has 0 aliphatic carbocycles. The Labute approximate surface area is 157 Å². The van der Waals surface area contributed by atoms with Crippen molar-refractivity contribution in [1.29, 1.82) is 0 Å². The molecule has 1 saturated heterocycles. The highest BCUT2D eigenvalue weighted by Crippen LogP contribution is 2.31. The van der Waals surface area contributed by atoms with Crippen LogP contribution in [-0.4, -0.2) is 27.2 Å². The molecule has 5 nitrogen and oxygen atoms in total. The minimum Gasteiger partial charge on any atom is -0.317 e. The molecule has 0 radical (unpaired) electrons. The third kappa shape index (κ3) is 2.58. The Morgan fingerprint density at radius 2 is 1.81 bits per heavy atom. The second kappa shape index (κ2) is 6.35. The van der Waals surface area contributed by atoms with Crippen LogP contribution in [0.1, 0.15) is 18.9 Å². The molecule has 1 N–H and O–H groups in total. The Balaban J connectivity index is 1.74. The smallest absolute Gasteiger partial charge is 0.317 e. The lowest BCUT2D eigenvalue weighted by Gasteiger charge is -2.23. The monoisotopic (exact) mass is 358 g/mol. The van der Waals surface area contributed by atoms with E-state index in [1.54, 1.807) is 4.57 Å². The summed E-state index contributed by atoms with van der Waals surface area (Å²) in [5.74, 6) is 0. The Hall–Kier alpha value is -2.92. The second-order valence-corrected chi connectivity index (χ2v) is 7.29. The van der Waals surface area contributed by atoms with Crippen LogP contribution in [0.25, 0.3) is 33.1 Å². The number of aromatic nitrogens is 3. The summed E-state index contributed by atoms with van der Waals surface area (Å²) in [6.45, 7) is 1.88. The number of pyridine rings is 1. The molecule has 5 heteroatoms. The zero-order chi connectivity index (χ0) is 18.4. The molecular formula is C22H22N4O. The van der Waals surface area contributed by atoms with E-state index >= 15 is 0 Å². The lowest BCUT2D eigenvalue weighted by atomic mass is 10.0. The fraction of sp³-hybridized carbons (Fsp3) is 0.273. The number of nitrogens with zero attached hydrogens (tertiary/aromatic N) is 3. The first-order valence-corrected chi connectivity index (χ1v) is 9.50. The van der Waals surface area contributed by atoms with Gasteiger partial charge in [0.1, 0.15) is 0 Å². The van der Waals surface area contributed by atoms with E-state index in [-0.39, 0.29) is 11.7 Å². The molecule has 2 aromatic heterocycles. The highest BCUT2D eigenvalue weighted by Gasteiger charge is 2.23. The number of fused-ring (bicyclic) bond motifs is 2. The molecule has 4 aromatic rings. The van der Waals surface area contributed by atoms with E-state index in [0.717, 1.165) is 48.2 Å². The molecular weight excluding hydrogens is 336 g/mol. The number of hydrogen-bond donors (Lipinski definition) is 1. The molecule has 0 bridgehead atoms. The van der Waals surface area contributed by atoms with Crippen LogP contribution in [0.15, 0.2) is 59.5 Å². The Morgan fingerprint density at radius 3 is 2.63 bits per heavy atom. The first-order valence-electron chi connectivity index (χ1n) is 9.50. The van der Waals surface area contributed by atoms with E-state index in [4.69, 9.17) is 0 Å². The van der Waals surface area contributed by atoms with Gasteiger partial charge < -0.3 is 5.32 Å². The van der Waals surface area contributed by atoms with Crippen molar-refractivity contribution in [3.05, 3.63) is 65.2 Å². The molecule has 0 spiro atoms. The van der Waals surface area contributed by atoms with E-state index in [1.165, 1.54) is 10.8 Å². The van der Waals surface area contributed by atoms with Gasteiger partial charge in [0, 0.05) is 24.8 Å². The summed E-state index contributed by atoms with van der Waals surface area (Å²) in [6.07, 6.45) is 3.74. The van der Waals surface area contributed by atoms with Crippen LogP contribution in [0.4, 0.5) is 0 Å². The molecule has 1 aliphatic rings. The third-order valence-electron chi connectivity index (χ3n) is 5.70. The average Bonchev–Trinajstić information content (AvgIpc) is 2.99. The van der Waals surface area contributed by atoms with Crippen molar-refractivity contribution in [3.8, 4) is 11.1 Å². The molecule has 0 atom stereocenters. The van der Waals surface area contributed by atoms with E-state index in [9.17, 15) is 4.79 Å². The summed E-state index contributed by atoms with van der Waals surface area (Å²) in [5, 5.41) is 5.78. The normalized spacial score (nSPS) is 15.6. The number of rotatable bonds is 2. The van der Waals surface area contributed by atoms with Crippen molar-refractivity contribution in [1.82, 2.24) is 19.4 Å². The fourth-order valence-electron chi connectivity index (χ4n) is 4.28. The number of hydrogen-bond acceptors (Lipinski definition) is 3. The van der Waals surface area contributed by atoms with Crippen LogP contribution >= 0.6 is 0 Å². The number of nitrogens with one attached hydrogen (secondary N) is 1. The Bertz CT molecular complexity index is 1200. The van der Waals surface area contributed by atoms with Crippen molar-refractivity contribution < 1.29 is 0 Å². The molecule has 1 aliphatic heterocycles. The van der Waals surface area contributed by atoms with Crippen molar-refractivity contribution >= 4 is 21.9 Å². The first-order chi connectivity index (χ1) is 13.2. The SMILES string of the molecule is Cn1c(=O)n(C2CCNCC2)c2nccc(-c3ccc4ccccc4c3)c21. The van der Waals surface area contributed by atoms with Crippen LogP contribution in [0.5, 0.6) is 0 Å². The van der Waals surface area contributed by atoms with Gasteiger partial charge in [-0.3, -0.25) is 9.13 Å². The maximum atomic E-state index is 13.0. The largest absolute Gasteiger partial charge is 0.330 e. The second-order valence-electron chi connectivity index (χ2n) is 7.29. The lowest BCUT2D eigenvalue weighted by Crippen LogP contribution is -2.34. The molecule has 3 heterocycles. The van der Waals surface area contributed by atoms with Crippen molar-refractivity contribution in [2.75, 3.05) is 13.1 Å². The quantitative estimate of drug-likeness (QED) is 0.597. The van der Waals surface area contributed by atoms with Crippen molar-refractivity contribution in [3.63, 3.8) is 0 Å². The van der Waals surface area contributed by atoms with Gasteiger partial charge in [0.2, 0.25) is 0 Å². The van der Waals surface area contributed by atoms with Gasteiger partial charge in [0.05, 0.1) is 5.52 Å². The molecule has 0 amide bonds. The molecule has 2 aromatic carbocycles. The zero-order valence-electron chi connectivity index (χ0n) is 15.4. The summed E-state index contributed by atoms with van der Waals surface area (Å²) < 4.78 is 3.66. The van der Waals surface area contributed by atoms with E-state index in [1.807, 2.05) is 23.9 Å². The summed E-state index contributed by atoms with van der Waals surface area (Å²) in [5.41, 5.74) is 3.89. The van der Waals surface area contributed by atoms with Gasteiger partial charge in [-0.2, -0.15) is 0 Å². The van der Waals surface area contributed by atoms with Gasteiger partial charge in [-0.15, -0.1) is 0 Å². The molecule has 0 unspecified atom stereocenters. The summed E-state index contributed by atoms with van der Waals surface area (Å²) in [6, 6.07) is 17.0. The molecule has 136 valence electrons. The minimum atomic E-state index is 0.0256. The highest BCUT2D eigenvalue weighted by molar-refractivity contribution is 5.94. The van der Waals surface area contributed by atoms with E-state index < -0.39 is 0 Å². The maximum Gasteiger partial charge on any atom is 0.330 e. The summed E-state index contributed by atoms with van der Waals surface area (Å²) in [4.78, 5) is 17.7. The zero-order valence-corrected chi connectivity index (χ0v) is 15.4. The maximum absolute atomic E-state index is 13.0. The lowest BCUT2D eigenvalue weighted by molar-refractivity contribution is 0.364. The topological polar surface area (TPSA) is 51.9 Å². The van der Waals surface area contributed by atoms with E-state index in [2.05, 4.69) is 52.8 Å². The summed E-state index contributed by atoms with van der Waals surface area (Å²) in [7, 11) is 1.86. The molecule has 1 fully saturated rings. The summed E-state index contributed by atoms with van der Waals surface area (Å²) >= 11 is 0. The van der Waals surface area contributed by atoms with E-state index in [0.29, 0.717) is 0 Å². The number of benzene rings is 2. The van der Waals surface area contributed by atoms with Crippen molar-refractivity contribution in [2.45, 2.75) is 18.9 Å². The third-order valence-corrected chi connectivity index (χ3v) is 5.70. The fourth-order valence-corrected chi connectivity index (χ4v) is 4.28. The molecule has 27 heavy (non-hydrogen) atoms. The van der Waals surface area contributed by atoms with Gasteiger partial charge in [-0.25, -0.2) is 9.78 Å². The van der Waals surface area contributed by atoms with Gasteiger partial charge in [0.15, 0.2) is 5.65 Å². The van der Waals surface area contributed by atoms with Gasteiger partial charge in [-0.1, -0.05) is 36.4 Å². The first kappa shape index (κ1) is 16.3. The number of piperidine rings is 1. The van der Waals surface area contributed by atoms with Crippen LogP contribution in [0.2, 0.25) is 0 Å². The molecule has 0 saturated carbocycles. The number of aryl methyl sites for hydroxylation is 1. The van der Waals surface area contributed by atoms with Crippen LogP contribution < -0.4 is 11.0 Å². The predicted molar refractivity (Wildman–Crippen MR) is 109 cm³/mol. The average molecular weight is 358 g/mol. The Morgan fingerprint density at radius 1 is 1.04 bits per heavy atom. The van der Waals surface area contributed by atoms with Gasteiger partial charge in [0.25, 0.3) is 0 Å². The Kier molecular flexibility index (Phi) is 3.83. The van der Waals surface area contributed by atoms with Gasteiger partial charge in [-0.05, 0) is 54.4 Å². The number of imidazole rings is 1. The standard InChI is InChI=1S/C22H22N4O/c1-25-20-19(17-7-6-15-4-2-3-5-16(15)14-17)10-13-24-21(20)26(22(25)27)18-8-11-23-12-9-18/h2-7,10,13-14,18,23H,8-9,11-12H2,1H3. The predicted octanol–water partition coefficient (Wildman–Crippen LogP) is 3.48. The minimum absolute atomic E-state index is 0.0256. The van der Waals surface area contributed by atoms with Crippen LogP contribution in [0, 0.1) is 0 Å². The van der Waals surface area contributed by atoms with Crippen LogP contribution in [-0.2, 0) is 7.05 Å². The molecule has 5 rings (SSSR count). The van der Waals surface area contributed by atoms with Gasteiger partial charge >= 0.3 is 5.69 Å².